The van der Waals surface area contributed by atoms with Crippen molar-refractivity contribution in [3.05, 3.63) is 0 Å². The molecule has 12 heavy (non-hydrogen) atoms. The van der Waals surface area contributed by atoms with Crippen LogP contribution in [0, 0.1) is 5.92 Å². The summed E-state index contributed by atoms with van der Waals surface area (Å²) in [4.78, 5) is 21.6. The Bertz CT molecular complexity index is 179. The predicted octanol–water partition coefficient (Wildman–Crippen LogP) is -0.575. The first kappa shape index (κ1) is 10.7. The Morgan fingerprint density at radius 1 is 1.33 bits per heavy atom. The monoisotopic (exact) mass is 173 g/mol. The molecule has 4 N–H and O–H groups in total. The highest BCUT2D eigenvalue weighted by atomic mass is 16.2. The quantitative estimate of drug-likeness (QED) is 0.533. The van der Waals surface area contributed by atoms with Crippen LogP contribution < -0.4 is 16.4 Å². The molecule has 0 fully saturated rings. The average Bonchev–Trinajstić information content (AvgIpc) is 1.98. The van der Waals surface area contributed by atoms with Crippen molar-refractivity contribution in [2.24, 2.45) is 11.7 Å². The van der Waals surface area contributed by atoms with Gasteiger partial charge in [-0.1, -0.05) is 13.8 Å². The average molecular weight is 173 g/mol. The molecule has 0 aromatic heterocycles. The Kier molecular flexibility index (Phi) is 4.10. The molecule has 0 heterocycles. The zero-order valence-corrected chi connectivity index (χ0v) is 7.55. The zero-order chi connectivity index (χ0) is 9.72. The van der Waals surface area contributed by atoms with E-state index in [2.05, 4.69) is 10.6 Å². The van der Waals surface area contributed by atoms with E-state index in [0.717, 1.165) is 0 Å². The van der Waals surface area contributed by atoms with Gasteiger partial charge < -0.3 is 16.4 Å². The van der Waals surface area contributed by atoms with Crippen molar-refractivity contribution in [3.8, 4) is 0 Å². The summed E-state index contributed by atoms with van der Waals surface area (Å²) in [5.74, 6) is -0.520. The number of amides is 3. The minimum atomic E-state index is -0.607. The van der Waals surface area contributed by atoms with E-state index in [4.69, 9.17) is 5.73 Å². The fourth-order valence-corrected chi connectivity index (χ4v) is 0.780. The smallest absolute Gasteiger partial charge is 0.315 e. The number of hydrogen-bond acceptors (Lipinski definition) is 2. The van der Waals surface area contributed by atoms with Gasteiger partial charge in [-0.3, -0.25) is 4.79 Å². The van der Waals surface area contributed by atoms with Gasteiger partial charge in [-0.25, -0.2) is 4.79 Å². The van der Waals surface area contributed by atoms with Crippen LogP contribution >= 0.6 is 0 Å². The first-order valence-electron chi connectivity index (χ1n) is 3.76. The molecule has 0 bridgehead atoms. The molecule has 70 valence electrons. The van der Waals surface area contributed by atoms with E-state index >= 15 is 0 Å². The molecule has 1 unspecified atom stereocenters. The highest BCUT2D eigenvalue weighted by Crippen LogP contribution is 1.99. The lowest BCUT2D eigenvalue weighted by Gasteiger charge is -2.18. The molecule has 0 rings (SSSR count). The summed E-state index contributed by atoms with van der Waals surface area (Å²) < 4.78 is 0. The van der Waals surface area contributed by atoms with Crippen molar-refractivity contribution in [2.75, 3.05) is 7.05 Å². The number of nitrogens with two attached hydrogens (primary N) is 1. The third kappa shape index (κ3) is 3.23. The van der Waals surface area contributed by atoms with Crippen molar-refractivity contribution in [3.63, 3.8) is 0 Å². The van der Waals surface area contributed by atoms with Crippen LogP contribution in [0.4, 0.5) is 4.79 Å². The lowest BCUT2D eigenvalue weighted by atomic mass is 10.0. The molecule has 0 spiro atoms. The standard InChI is InChI=1S/C7H15N3O2/c1-4(2)5(6(8)11)10-7(12)9-3/h4-5H,1-3H3,(H2,8,11)(H2,9,10,12). The van der Waals surface area contributed by atoms with E-state index in [1.165, 1.54) is 7.05 Å². The van der Waals surface area contributed by atoms with Gasteiger partial charge in [0, 0.05) is 7.05 Å². The maximum absolute atomic E-state index is 10.8. The van der Waals surface area contributed by atoms with Gasteiger partial charge in [0.1, 0.15) is 6.04 Å². The van der Waals surface area contributed by atoms with Crippen LogP contribution in [0.25, 0.3) is 0 Å². The van der Waals surface area contributed by atoms with Gasteiger partial charge in [0.15, 0.2) is 0 Å². The second-order valence-corrected chi connectivity index (χ2v) is 2.85. The molecule has 3 amide bonds. The summed E-state index contributed by atoms with van der Waals surface area (Å²) in [5.41, 5.74) is 5.06. The van der Waals surface area contributed by atoms with E-state index in [-0.39, 0.29) is 5.92 Å². The minimum Gasteiger partial charge on any atom is -0.368 e. The second-order valence-electron chi connectivity index (χ2n) is 2.85. The van der Waals surface area contributed by atoms with E-state index in [1.807, 2.05) is 13.8 Å². The molecule has 5 heteroatoms. The second kappa shape index (κ2) is 4.58. The van der Waals surface area contributed by atoms with Crippen LogP contribution in [0.5, 0.6) is 0 Å². The van der Waals surface area contributed by atoms with Gasteiger partial charge in [-0.2, -0.15) is 0 Å². The summed E-state index contributed by atoms with van der Waals surface area (Å²) in [6.07, 6.45) is 0. The molecule has 0 aliphatic heterocycles. The molecule has 0 saturated carbocycles. The van der Waals surface area contributed by atoms with Gasteiger partial charge in [-0.05, 0) is 5.92 Å². The first-order chi connectivity index (χ1) is 5.49. The van der Waals surface area contributed by atoms with Crippen molar-refractivity contribution < 1.29 is 9.59 Å². The molecular formula is C7H15N3O2. The number of hydrogen-bond donors (Lipinski definition) is 3. The van der Waals surface area contributed by atoms with Crippen LogP contribution in [0.2, 0.25) is 0 Å². The molecule has 0 aliphatic carbocycles. The van der Waals surface area contributed by atoms with Gasteiger partial charge in [0.25, 0.3) is 0 Å². The molecule has 0 saturated heterocycles. The molecular weight excluding hydrogens is 158 g/mol. The molecule has 0 aliphatic rings. The van der Waals surface area contributed by atoms with Crippen molar-refractivity contribution in [1.82, 2.24) is 10.6 Å². The first-order valence-corrected chi connectivity index (χ1v) is 3.76. The third-order valence-corrected chi connectivity index (χ3v) is 1.49. The third-order valence-electron chi connectivity index (χ3n) is 1.49. The Morgan fingerprint density at radius 3 is 2.08 bits per heavy atom. The topological polar surface area (TPSA) is 84.2 Å². The fraction of sp³-hybridized carbons (Fsp3) is 0.714. The Balaban J connectivity index is 4.14. The summed E-state index contributed by atoms with van der Waals surface area (Å²) in [5, 5.41) is 4.79. The number of primary amides is 1. The number of nitrogens with one attached hydrogen (secondary N) is 2. The van der Waals surface area contributed by atoms with Crippen LogP contribution in [0.1, 0.15) is 13.8 Å². The summed E-state index contributed by atoms with van der Waals surface area (Å²) in [7, 11) is 1.48. The van der Waals surface area contributed by atoms with Crippen molar-refractivity contribution >= 4 is 11.9 Å². The van der Waals surface area contributed by atoms with Gasteiger partial charge in [-0.15, -0.1) is 0 Å². The Labute approximate surface area is 71.7 Å². The van der Waals surface area contributed by atoms with Crippen LogP contribution in [0.3, 0.4) is 0 Å². The number of carbonyl (C=O) groups excluding carboxylic acids is 2. The Hall–Kier alpha value is -1.26. The highest BCUT2D eigenvalue weighted by Gasteiger charge is 2.20. The fourth-order valence-electron chi connectivity index (χ4n) is 0.780. The highest BCUT2D eigenvalue weighted by molar-refractivity contribution is 5.85. The zero-order valence-electron chi connectivity index (χ0n) is 7.55. The summed E-state index contributed by atoms with van der Waals surface area (Å²) >= 11 is 0. The molecule has 0 aromatic carbocycles. The van der Waals surface area contributed by atoms with Crippen LogP contribution in [-0.2, 0) is 4.79 Å². The van der Waals surface area contributed by atoms with Gasteiger partial charge in [0.2, 0.25) is 5.91 Å². The number of rotatable bonds is 3. The molecule has 5 nitrogen and oxygen atoms in total. The minimum absolute atomic E-state index is 0.000185. The SMILES string of the molecule is CNC(=O)NC(C(N)=O)C(C)C. The van der Waals surface area contributed by atoms with E-state index in [9.17, 15) is 9.59 Å². The lowest BCUT2D eigenvalue weighted by Crippen LogP contribution is -2.50. The lowest BCUT2D eigenvalue weighted by molar-refractivity contribution is -0.120. The van der Waals surface area contributed by atoms with Crippen molar-refractivity contribution in [1.29, 1.82) is 0 Å². The summed E-state index contributed by atoms with van der Waals surface area (Å²) in [6.45, 7) is 3.62. The van der Waals surface area contributed by atoms with Crippen molar-refractivity contribution in [2.45, 2.75) is 19.9 Å². The summed E-state index contributed by atoms with van der Waals surface area (Å²) in [6, 6.07) is -1.00. The van der Waals surface area contributed by atoms with E-state index < -0.39 is 18.0 Å². The van der Waals surface area contributed by atoms with Crippen LogP contribution in [-0.4, -0.2) is 25.0 Å². The maximum Gasteiger partial charge on any atom is 0.315 e. The molecule has 0 radical (unpaired) electrons. The number of carbonyl (C=O) groups is 2. The van der Waals surface area contributed by atoms with E-state index in [1.54, 1.807) is 0 Å². The van der Waals surface area contributed by atoms with E-state index in [0.29, 0.717) is 0 Å². The van der Waals surface area contributed by atoms with Crippen LogP contribution in [0.15, 0.2) is 0 Å². The van der Waals surface area contributed by atoms with Gasteiger partial charge in [0.05, 0.1) is 0 Å². The predicted molar refractivity (Wildman–Crippen MR) is 45.4 cm³/mol. The normalized spacial score (nSPS) is 12.3. The molecule has 1 atom stereocenters. The van der Waals surface area contributed by atoms with Gasteiger partial charge >= 0.3 is 6.03 Å². The largest absolute Gasteiger partial charge is 0.368 e. The maximum atomic E-state index is 10.8. The number of urea groups is 1. The Morgan fingerprint density at radius 2 is 1.83 bits per heavy atom. The molecule has 0 aromatic rings.